The van der Waals surface area contributed by atoms with E-state index in [0.29, 0.717) is 37.5 Å². The van der Waals surface area contributed by atoms with Gasteiger partial charge in [0.1, 0.15) is 11.9 Å². The van der Waals surface area contributed by atoms with Gasteiger partial charge in [-0.15, -0.1) is 0 Å². The standard InChI is InChI=1S/C29H39FN4O2/c1-21(2)18-33(19-23-7-5-22(3)6-8-23)26-17-27(29(36)32-15-4-13-31-14-16-32)34(20-26)28(35)24-9-11-25(30)12-10-24/h5-12,21,26-27,31H,4,13-20H2,1-3H3. The quantitative estimate of drug-likeness (QED) is 0.638. The Morgan fingerprint density at radius 1 is 1.06 bits per heavy atom. The van der Waals surface area contributed by atoms with Crippen molar-refractivity contribution in [1.82, 2.24) is 20.0 Å². The molecule has 2 unspecified atom stereocenters. The first-order chi connectivity index (χ1) is 17.3. The Hall–Kier alpha value is -2.77. The smallest absolute Gasteiger partial charge is 0.254 e. The third-order valence-corrected chi connectivity index (χ3v) is 7.19. The minimum Gasteiger partial charge on any atom is -0.340 e. The lowest BCUT2D eigenvalue weighted by Crippen LogP contribution is -2.48. The van der Waals surface area contributed by atoms with Crippen LogP contribution in [0.2, 0.25) is 0 Å². The van der Waals surface area contributed by atoms with Crippen molar-refractivity contribution in [2.45, 2.75) is 52.2 Å². The van der Waals surface area contributed by atoms with E-state index in [2.05, 4.69) is 55.3 Å². The Balaban J connectivity index is 1.60. The van der Waals surface area contributed by atoms with Crippen LogP contribution in [0.3, 0.4) is 0 Å². The van der Waals surface area contributed by atoms with Gasteiger partial charge in [-0.1, -0.05) is 43.7 Å². The predicted octanol–water partition coefficient (Wildman–Crippen LogP) is 3.70. The van der Waals surface area contributed by atoms with Gasteiger partial charge in [0.05, 0.1) is 0 Å². The molecule has 2 aromatic carbocycles. The third kappa shape index (κ3) is 6.51. The first-order valence-corrected chi connectivity index (χ1v) is 13.2. The van der Waals surface area contributed by atoms with Crippen LogP contribution in [0.25, 0.3) is 0 Å². The van der Waals surface area contributed by atoms with Gasteiger partial charge in [-0.3, -0.25) is 14.5 Å². The Bertz CT molecular complexity index is 1020. The zero-order valence-electron chi connectivity index (χ0n) is 21.8. The highest BCUT2D eigenvalue weighted by Crippen LogP contribution is 2.28. The number of likely N-dealkylation sites (tertiary alicyclic amines) is 1. The van der Waals surface area contributed by atoms with Crippen molar-refractivity contribution >= 4 is 11.8 Å². The van der Waals surface area contributed by atoms with Crippen LogP contribution in [0.1, 0.15) is 48.2 Å². The molecule has 2 aromatic rings. The van der Waals surface area contributed by atoms with E-state index in [4.69, 9.17) is 0 Å². The van der Waals surface area contributed by atoms with Crippen molar-refractivity contribution < 1.29 is 14.0 Å². The highest BCUT2D eigenvalue weighted by molar-refractivity contribution is 5.98. The van der Waals surface area contributed by atoms with E-state index in [9.17, 15) is 14.0 Å². The molecule has 0 aliphatic carbocycles. The van der Waals surface area contributed by atoms with Gasteiger partial charge in [0.2, 0.25) is 5.91 Å². The van der Waals surface area contributed by atoms with Crippen LogP contribution >= 0.6 is 0 Å². The fourth-order valence-corrected chi connectivity index (χ4v) is 5.31. The molecule has 2 aliphatic rings. The van der Waals surface area contributed by atoms with E-state index in [1.54, 1.807) is 4.90 Å². The molecular weight excluding hydrogens is 455 g/mol. The lowest BCUT2D eigenvalue weighted by Gasteiger charge is -2.30. The molecule has 2 amide bonds. The molecule has 7 heteroatoms. The molecule has 0 saturated carbocycles. The Morgan fingerprint density at radius 2 is 1.78 bits per heavy atom. The van der Waals surface area contributed by atoms with Crippen molar-refractivity contribution in [1.29, 1.82) is 0 Å². The van der Waals surface area contributed by atoms with Gasteiger partial charge in [-0.05, 0) is 62.1 Å². The molecule has 2 heterocycles. The lowest BCUT2D eigenvalue weighted by atomic mass is 10.1. The normalized spacial score (nSPS) is 20.7. The second-order valence-electron chi connectivity index (χ2n) is 10.6. The molecule has 0 aromatic heterocycles. The summed E-state index contributed by atoms with van der Waals surface area (Å²) in [6.07, 6.45) is 1.51. The fraction of sp³-hybridized carbons (Fsp3) is 0.517. The van der Waals surface area contributed by atoms with E-state index in [1.165, 1.54) is 35.4 Å². The summed E-state index contributed by atoms with van der Waals surface area (Å²) in [7, 11) is 0. The van der Waals surface area contributed by atoms with Gasteiger partial charge in [-0.2, -0.15) is 0 Å². The highest BCUT2D eigenvalue weighted by Gasteiger charge is 2.43. The van der Waals surface area contributed by atoms with Crippen LogP contribution < -0.4 is 5.32 Å². The van der Waals surface area contributed by atoms with E-state index in [-0.39, 0.29) is 23.7 Å². The minimum atomic E-state index is -0.515. The number of carbonyl (C=O) groups is 2. The van der Waals surface area contributed by atoms with Gasteiger partial charge < -0.3 is 15.1 Å². The monoisotopic (exact) mass is 494 g/mol. The summed E-state index contributed by atoms with van der Waals surface area (Å²) in [4.78, 5) is 33.4. The number of aryl methyl sites for hydroxylation is 1. The summed E-state index contributed by atoms with van der Waals surface area (Å²) in [6, 6.07) is 13.8. The molecule has 0 radical (unpaired) electrons. The van der Waals surface area contributed by atoms with Gasteiger partial charge in [0.15, 0.2) is 0 Å². The zero-order valence-corrected chi connectivity index (χ0v) is 21.8. The number of halogens is 1. The van der Waals surface area contributed by atoms with Gasteiger partial charge in [-0.25, -0.2) is 4.39 Å². The summed E-state index contributed by atoms with van der Waals surface area (Å²) in [5.41, 5.74) is 2.87. The van der Waals surface area contributed by atoms with E-state index in [0.717, 1.165) is 32.6 Å². The number of amides is 2. The van der Waals surface area contributed by atoms with Gasteiger partial charge in [0.25, 0.3) is 5.91 Å². The number of nitrogens with one attached hydrogen (secondary N) is 1. The number of hydrogen-bond acceptors (Lipinski definition) is 4. The molecule has 194 valence electrons. The van der Waals surface area contributed by atoms with Crippen molar-refractivity contribution in [3.8, 4) is 0 Å². The summed E-state index contributed by atoms with van der Waals surface area (Å²) in [6.45, 7) is 11.6. The number of carbonyl (C=O) groups excluding carboxylic acids is 2. The maximum Gasteiger partial charge on any atom is 0.254 e. The largest absolute Gasteiger partial charge is 0.340 e. The van der Waals surface area contributed by atoms with Crippen LogP contribution in [0.15, 0.2) is 48.5 Å². The molecule has 2 saturated heterocycles. The second kappa shape index (κ2) is 12.0. The van der Waals surface area contributed by atoms with Crippen LogP contribution in [0, 0.1) is 18.7 Å². The molecule has 6 nitrogen and oxygen atoms in total. The summed E-state index contributed by atoms with van der Waals surface area (Å²) < 4.78 is 13.5. The molecule has 2 atom stereocenters. The first kappa shape index (κ1) is 26.3. The summed E-state index contributed by atoms with van der Waals surface area (Å²) in [5.74, 6) is -0.111. The highest BCUT2D eigenvalue weighted by atomic mass is 19.1. The van der Waals surface area contributed by atoms with Crippen molar-refractivity contribution in [2.75, 3.05) is 39.3 Å². The minimum absolute atomic E-state index is 0.0245. The van der Waals surface area contributed by atoms with Gasteiger partial charge >= 0.3 is 0 Å². The second-order valence-corrected chi connectivity index (χ2v) is 10.6. The number of nitrogens with zero attached hydrogens (tertiary/aromatic N) is 3. The molecule has 0 spiro atoms. The molecule has 1 N–H and O–H groups in total. The van der Waals surface area contributed by atoms with E-state index in [1.807, 2.05) is 4.90 Å². The van der Waals surface area contributed by atoms with Crippen LogP contribution in [0.5, 0.6) is 0 Å². The Kier molecular flexibility index (Phi) is 8.75. The fourth-order valence-electron chi connectivity index (χ4n) is 5.31. The summed E-state index contributed by atoms with van der Waals surface area (Å²) >= 11 is 0. The molecule has 0 bridgehead atoms. The van der Waals surface area contributed by atoms with Crippen LogP contribution in [-0.4, -0.2) is 77.9 Å². The van der Waals surface area contributed by atoms with Gasteiger partial charge in [0, 0.05) is 50.9 Å². The molecule has 2 aliphatic heterocycles. The van der Waals surface area contributed by atoms with Crippen molar-refractivity contribution in [3.63, 3.8) is 0 Å². The lowest BCUT2D eigenvalue weighted by molar-refractivity contribution is -0.135. The van der Waals surface area contributed by atoms with Crippen molar-refractivity contribution in [3.05, 3.63) is 71.0 Å². The number of hydrogen-bond donors (Lipinski definition) is 1. The van der Waals surface area contributed by atoms with Crippen LogP contribution in [0.4, 0.5) is 4.39 Å². The maximum atomic E-state index is 13.8. The average Bonchev–Trinajstić information content (AvgIpc) is 3.12. The molecule has 4 rings (SSSR count). The first-order valence-electron chi connectivity index (χ1n) is 13.2. The maximum absolute atomic E-state index is 13.8. The Labute approximate surface area is 214 Å². The topological polar surface area (TPSA) is 55.9 Å². The third-order valence-electron chi connectivity index (χ3n) is 7.19. The Morgan fingerprint density at radius 3 is 2.47 bits per heavy atom. The summed E-state index contributed by atoms with van der Waals surface area (Å²) in [5, 5.41) is 3.35. The number of rotatable bonds is 7. The molecule has 36 heavy (non-hydrogen) atoms. The van der Waals surface area contributed by atoms with E-state index < -0.39 is 6.04 Å². The van der Waals surface area contributed by atoms with Crippen molar-refractivity contribution in [2.24, 2.45) is 5.92 Å². The predicted molar refractivity (Wildman–Crippen MR) is 140 cm³/mol. The zero-order chi connectivity index (χ0) is 25.7. The SMILES string of the molecule is Cc1ccc(CN(CC(C)C)C2CC(C(=O)N3CCCNCC3)N(C(=O)c3ccc(F)cc3)C2)cc1. The van der Waals surface area contributed by atoms with Crippen LogP contribution in [-0.2, 0) is 11.3 Å². The molecule has 2 fully saturated rings. The molecular formula is C29H39FN4O2. The average molecular weight is 495 g/mol. The number of benzene rings is 2. The van der Waals surface area contributed by atoms with E-state index >= 15 is 0 Å².